The topological polar surface area (TPSA) is 237 Å². The number of aliphatic hydroxyl groups is 1. The number of unbranched alkanes of at least 4 members (excludes halogenated alkanes) is 28. The number of ether oxygens (including phenoxy) is 4. The molecule has 0 aromatic heterocycles. The smallest absolute Gasteiger partial charge is 0.462 e. The predicted octanol–water partition coefficient (Wildman–Crippen LogP) is 18.6. The minimum Gasteiger partial charge on any atom is -0.462 e. The standard InChI is InChI=1S/C68H128O17P2/c1-8-10-11-12-13-14-15-16-17-18-19-23-26-37-44-51-67(72)84-63(55-78-65(70)49-42-35-30-28-32-39-46-59(3)4)57-82-86(74,75)80-53-62(69)54-81-87(76,77)83-58-64(56-79-66(71)50-43-36-31-29-33-40-47-60(5)6)85-68(73)52-45-38-27-24-21-20-22-25-34-41-48-61(7)9-2/h14-17,59-64,69H,8-13,18-58H2,1-7H3,(H,74,75)(H,76,77)/b15-14-,17-16-/t61?,62-,63-,64-/m1/s1. The largest absolute Gasteiger partial charge is 0.472 e. The number of phosphoric acid groups is 2. The molecule has 0 aliphatic rings. The third kappa shape index (κ3) is 60.9. The maximum absolute atomic E-state index is 13.0. The van der Waals surface area contributed by atoms with E-state index in [9.17, 15) is 43.2 Å². The van der Waals surface area contributed by atoms with Crippen molar-refractivity contribution in [3.05, 3.63) is 24.3 Å². The molecule has 0 radical (unpaired) electrons. The first kappa shape index (κ1) is 84.5. The van der Waals surface area contributed by atoms with Crippen LogP contribution in [-0.2, 0) is 65.4 Å². The Morgan fingerprint density at radius 1 is 0.379 bits per heavy atom. The van der Waals surface area contributed by atoms with Crippen molar-refractivity contribution in [2.24, 2.45) is 17.8 Å². The number of phosphoric ester groups is 2. The molecule has 17 nitrogen and oxygen atoms in total. The Hall–Kier alpha value is -2.46. The zero-order chi connectivity index (χ0) is 64.5. The van der Waals surface area contributed by atoms with Crippen molar-refractivity contribution in [1.29, 1.82) is 0 Å². The molecule has 0 rings (SSSR count). The second-order valence-electron chi connectivity index (χ2n) is 25.1. The molecule has 0 heterocycles. The molecular weight excluding hydrogens is 1150 g/mol. The summed E-state index contributed by atoms with van der Waals surface area (Å²) in [7, 11) is -9.91. The molecule has 87 heavy (non-hydrogen) atoms. The summed E-state index contributed by atoms with van der Waals surface area (Å²) in [5, 5.41) is 10.6. The predicted molar refractivity (Wildman–Crippen MR) is 349 cm³/mol. The van der Waals surface area contributed by atoms with Crippen LogP contribution in [-0.4, -0.2) is 96.7 Å². The lowest BCUT2D eigenvalue weighted by Crippen LogP contribution is -2.30. The molecule has 0 aromatic carbocycles. The molecule has 0 saturated heterocycles. The van der Waals surface area contributed by atoms with Gasteiger partial charge in [-0.2, -0.15) is 0 Å². The molecule has 0 amide bonds. The van der Waals surface area contributed by atoms with Gasteiger partial charge in [-0.25, -0.2) is 9.13 Å². The summed E-state index contributed by atoms with van der Waals surface area (Å²) >= 11 is 0. The van der Waals surface area contributed by atoms with Crippen LogP contribution in [0, 0.1) is 17.8 Å². The summed E-state index contributed by atoms with van der Waals surface area (Å²) < 4.78 is 68.1. The first-order valence-corrected chi connectivity index (χ1v) is 37.7. The van der Waals surface area contributed by atoms with Gasteiger partial charge in [-0.1, -0.05) is 259 Å². The number of carbonyl (C=O) groups excluding carboxylic acids is 4. The highest BCUT2D eigenvalue weighted by molar-refractivity contribution is 7.47. The second-order valence-corrected chi connectivity index (χ2v) is 28.0. The van der Waals surface area contributed by atoms with Crippen molar-refractivity contribution in [2.45, 2.75) is 330 Å². The van der Waals surface area contributed by atoms with E-state index >= 15 is 0 Å². The summed E-state index contributed by atoms with van der Waals surface area (Å²) in [5.41, 5.74) is 0. The van der Waals surface area contributed by atoms with Crippen LogP contribution in [0.25, 0.3) is 0 Å². The van der Waals surface area contributed by atoms with E-state index in [4.69, 9.17) is 37.0 Å². The zero-order valence-corrected chi connectivity index (χ0v) is 57.7. The molecule has 3 unspecified atom stereocenters. The van der Waals surface area contributed by atoms with Crippen LogP contribution < -0.4 is 0 Å². The Labute approximate surface area is 529 Å². The molecular formula is C68H128O17P2. The second kappa shape index (κ2) is 58.6. The van der Waals surface area contributed by atoms with E-state index in [0.717, 1.165) is 121 Å². The number of aliphatic hydroxyl groups excluding tert-OH is 1. The average molecular weight is 1280 g/mol. The molecule has 19 heteroatoms. The molecule has 512 valence electrons. The maximum Gasteiger partial charge on any atom is 0.472 e. The average Bonchev–Trinajstić information content (AvgIpc) is 3.61. The van der Waals surface area contributed by atoms with E-state index in [1.54, 1.807) is 0 Å². The fourth-order valence-electron chi connectivity index (χ4n) is 9.61. The van der Waals surface area contributed by atoms with Gasteiger partial charge in [0.2, 0.25) is 0 Å². The van der Waals surface area contributed by atoms with E-state index in [1.165, 1.54) is 96.3 Å². The van der Waals surface area contributed by atoms with Gasteiger partial charge in [0.05, 0.1) is 26.4 Å². The summed E-state index contributed by atoms with van der Waals surface area (Å²) in [6.45, 7) is 11.6. The van der Waals surface area contributed by atoms with Gasteiger partial charge in [0.1, 0.15) is 19.3 Å². The molecule has 0 aromatic rings. The monoisotopic (exact) mass is 1280 g/mol. The number of hydrogen-bond donors (Lipinski definition) is 3. The Bertz CT molecular complexity index is 1810. The van der Waals surface area contributed by atoms with Crippen molar-refractivity contribution in [3.63, 3.8) is 0 Å². The fourth-order valence-corrected chi connectivity index (χ4v) is 11.2. The first-order valence-electron chi connectivity index (χ1n) is 34.7. The minimum atomic E-state index is -4.96. The molecule has 0 spiro atoms. The highest BCUT2D eigenvalue weighted by Gasteiger charge is 2.30. The van der Waals surface area contributed by atoms with Crippen LogP contribution in [0.1, 0.15) is 312 Å². The summed E-state index contributed by atoms with van der Waals surface area (Å²) in [6, 6.07) is 0. The quantitative estimate of drug-likeness (QED) is 0.0169. The molecule has 0 aliphatic carbocycles. The van der Waals surface area contributed by atoms with Gasteiger partial charge < -0.3 is 33.8 Å². The number of esters is 4. The SMILES string of the molecule is CCCCCC/C=C\C=C/CCCCCCCC(=O)O[C@H](COC(=O)CCCCCCCCC(C)C)COP(=O)(O)OC[C@@H](O)COP(=O)(O)OC[C@@H](COC(=O)CCCCCCCCC(C)C)OC(=O)CCCCCCCCCCCCC(C)CC. The van der Waals surface area contributed by atoms with Crippen LogP contribution in [0.4, 0.5) is 0 Å². The van der Waals surface area contributed by atoms with E-state index in [2.05, 4.69) is 72.8 Å². The Morgan fingerprint density at radius 3 is 1.02 bits per heavy atom. The van der Waals surface area contributed by atoms with Gasteiger partial charge in [-0.3, -0.25) is 37.3 Å². The minimum absolute atomic E-state index is 0.0833. The molecule has 3 N–H and O–H groups in total. The van der Waals surface area contributed by atoms with Gasteiger partial charge in [0.15, 0.2) is 12.2 Å². The molecule has 0 bridgehead atoms. The van der Waals surface area contributed by atoms with Gasteiger partial charge in [0.25, 0.3) is 0 Å². The van der Waals surface area contributed by atoms with Crippen LogP contribution in [0.3, 0.4) is 0 Å². The van der Waals surface area contributed by atoms with Crippen LogP contribution in [0.5, 0.6) is 0 Å². The Kier molecular flexibility index (Phi) is 57.0. The van der Waals surface area contributed by atoms with E-state index < -0.39 is 97.5 Å². The third-order valence-electron chi connectivity index (χ3n) is 15.4. The molecule has 0 saturated carbocycles. The Morgan fingerprint density at radius 2 is 0.678 bits per heavy atom. The van der Waals surface area contributed by atoms with Gasteiger partial charge in [-0.15, -0.1) is 0 Å². The van der Waals surface area contributed by atoms with Crippen molar-refractivity contribution in [3.8, 4) is 0 Å². The van der Waals surface area contributed by atoms with E-state index in [-0.39, 0.29) is 25.7 Å². The van der Waals surface area contributed by atoms with Crippen LogP contribution in [0.15, 0.2) is 24.3 Å². The van der Waals surface area contributed by atoms with Gasteiger partial charge >= 0.3 is 39.5 Å². The molecule has 0 fully saturated rings. The van der Waals surface area contributed by atoms with Crippen molar-refractivity contribution in [2.75, 3.05) is 39.6 Å². The maximum atomic E-state index is 13.0. The highest BCUT2D eigenvalue weighted by Crippen LogP contribution is 2.45. The normalized spacial score (nSPS) is 14.8. The number of rotatable bonds is 64. The third-order valence-corrected chi connectivity index (χ3v) is 17.3. The number of carbonyl (C=O) groups is 4. The Balaban J connectivity index is 5.27. The number of hydrogen-bond acceptors (Lipinski definition) is 15. The number of allylic oxidation sites excluding steroid dienone is 4. The lowest BCUT2D eigenvalue weighted by Gasteiger charge is -2.21. The van der Waals surface area contributed by atoms with Crippen molar-refractivity contribution >= 4 is 39.5 Å². The summed E-state index contributed by atoms with van der Waals surface area (Å²) in [6.07, 6.45) is 44.1. The van der Waals surface area contributed by atoms with Crippen LogP contribution >= 0.6 is 15.6 Å². The first-order chi connectivity index (χ1) is 41.8. The summed E-state index contributed by atoms with van der Waals surface area (Å²) in [5.74, 6) is -0.00954. The highest BCUT2D eigenvalue weighted by atomic mass is 31.2. The van der Waals surface area contributed by atoms with Gasteiger partial charge in [0, 0.05) is 25.7 Å². The van der Waals surface area contributed by atoms with Crippen molar-refractivity contribution < 1.29 is 80.2 Å². The fraction of sp³-hybridized carbons (Fsp3) is 0.882. The van der Waals surface area contributed by atoms with Crippen LogP contribution in [0.2, 0.25) is 0 Å². The lowest BCUT2D eigenvalue weighted by molar-refractivity contribution is -0.161. The molecule has 0 aliphatic heterocycles. The van der Waals surface area contributed by atoms with E-state index in [0.29, 0.717) is 37.5 Å². The van der Waals surface area contributed by atoms with Crippen molar-refractivity contribution in [1.82, 2.24) is 0 Å². The molecule has 6 atom stereocenters. The van der Waals surface area contributed by atoms with E-state index in [1.807, 2.05) is 0 Å². The summed E-state index contributed by atoms with van der Waals surface area (Å²) in [4.78, 5) is 72.3. The lowest BCUT2D eigenvalue weighted by atomic mass is 9.99. The van der Waals surface area contributed by atoms with Gasteiger partial charge in [-0.05, 0) is 69.1 Å². The zero-order valence-electron chi connectivity index (χ0n) is 56.0.